The van der Waals surface area contributed by atoms with E-state index in [1.807, 2.05) is 0 Å². The third-order valence-electron chi connectivity index (χ3n) is 3.20. The topological polar surface area (TPSA) is 18.5 Å². The van der Waals surface area contributed by atoms with Crippen molar-refractivity contribution in [2.75, 3.05) is 18.5 Å². The highest BCUT2D eigenvalue weighted by Crippen LogP contribution is 2.27. The van der Waals surface area contributed by atoms with Gasteiger partial charge in [-0.1, -0.05) is 40.2 Å². The first-order chi connectivity index (χ1) is 8.31. The zero-order valence-corrected chi connectivity index (χ0v) is 11.8. The number of rotatable bonds is 4. The van der Waals surface area contributed by atoms with E-state index in [4.69, 9.17) is 9.47 Å². The molecule has 1 fully saturated rings. The molecular formula is C14H19BrO2. The zero-order chi connectivity index (χ0) is 12.1. The second-order valence-corrected chi connectivity index (χ2v) is 5.09. The van der Waals surface area contributed by atoms with Gasteiger partial charge in [0.2, 0.25) is 0 Å². The zero-order valence-electron chi connectivity index (χ0n) is 10.2. The Bertz CT molecular complexity index is 348. The van der Waals surface area contributed by atoms with Gasteiger partial charge in [-0.25, -0.2) is 0 Å². The molecule has 1 aliphatic rings. The Balaban J connectivity index is 2.03. The summed E-state index contributed by atoms with van der Waals surface area (Å²) in [5, 5.41) is 0.842. The molecule has 2 rings (SSSR count). The molecule has 0 saturated carbocycles. The normalized spacial score (nSPS) is 19.2. The van der Waals surface area contributed by atoms with E-state index in [0.717, 1.165) is 31.4 Å². The largest absolute Gasteiger partial charge is 0.381 e. The fourth-order valence-electron chi connectivity index (χ4n) is 2.19. The minimum Gasteiger partial charge on any atom is -0.381 e. The van der Waals surface area contributed by atoms with E-state index >= 15 is 0 Å². The SMILES string of the molecule is Cc1ccccc1C(CBr)OC1CCOCC1. The van der Waals surface area contributed by atoms with Crippen LogP contribution in [0.5, 0.6) is 0 Å². The molecule has 1 heterocycles. The summed E-state index contributed by atoms with van der Waals surface area (Å²) in [6.45, 7) is 3.79. The summed E-state index contributed by atoms with van der Waals surface area (Å²) in [6, 6.07) is 8.43. The Morgan fingerprint density at radius 3 is 2.71 bits per heavy atom. The van der Waals surface area contributed by atoms with Crippen LogP contribution in [0.3, 0.4) is 0 Å². The van der Waals surface area contributed by atoms with Crippen molar-refractivity contribution in [1.82, 2.24) is 0 Å². The number of aryl methyl sites for hydroxylation is 1. The Hall–Kier alpha value is -0.380. The Morgan fingerprint density at radius 1 is 1.35 bits per heavy atom. The maximum absolute atomic E-state index is 6.18. The van der Waals surface area contributed by atoms with Crippen LogP contribution >= 0.6 is 15.9 Å². The second kappa shape index (κ2) is 6.53. The molecule has 0 spiro atoms. The van der Waals surface area contributed by atoms with Gasteiger partial charge in [0.25, 0.3) is 0 Å². The van der Waals surface area contributed by atoms with Crippen LogP contribution in [0.15, 0.2) is 24.3 Å². The van der Waals surface area contributed by atoms with E-state index in [-0.39, 0.29) is 6.10 Å². The van der Waals surface area contributed by atoms with Crippen molar-refractivity contribution in [3.8, 4) is 0 Å². The lowest BCUT2D eigenvalue weighted by Crippen LogP contribution is -2.26. The highest BCUT2D eigenvalue weighted by Gasteiger charge is 2.20. The van der Waals surface area contributed by atoms with Crippen LogP contribution in [-0.4, -0.2) is 24.6 Å². The quantitative estimate of drug-likeness (QED) is 0.791. The molecule has 17 heavy (non-hydrogen) atoms. The number of benzene rings is 1. The van der Waals surface area contributed by atoms with Gasteiger partial charge >= 0.3 is 0 Å². The number of hydrogen-bond acceptors (Lipinski definition) is 2. The highest BCUT2D eigenvalue weighted by atomic mass is 79.9. The maximum Gasteiger partial charge on any atom is 0.0927 e. The van der Waals surface area contributed by atoms with Crippen molar-refractivity contribution in [2.24, 2.45) is 0 Å². The predicted molar refractivity (Wildman–Crippen MR) is 72.6 cm³/mol. The number of hydrogen-bond donors (Lipinski definition) is 0. The van der Waals surface area contributed by atoms with Crippen molar-refractivity contribution < 1.29 is 9.47 Å². The number of halogens is 1. The first kappa shape index (κ1) is 13.1. The number of ether oxygens (including phenoxy) is 2. The molecule has 1 atom stereocenters. The first-order valence-corrected chi connectivity index (χ1v) is 7.28. The summed E-state index contributed by atoms with van der Waals surface area (Å²) in [7, 11) is 0. The molecule has 1 aromatic carbocycles. The van der Waals surface area contributed by atoms with Crippen LogP contribution in [0.2, 0.25) is 0 Å². The molecule has 0 aromatic heterocycles. The fourth-order valence-corrected chi connectivity index (χ4v) is 2.69. The lowest BCUT2D eigenvalue weighted by Gasteiger charge is -2.27. The van der Waals surface area contributed by atoms with Gasteiger partial charge in [-0.3, -0.25) is 0 Å². The van der Waals surface area contributed by atoms with Gasteiger partial charge in [-0.15, -0.1) is 0 Å². The van der Waals surface area contributed by atoms with Crippen molar-refractivity contribution in [1.29, 1.82) is 0 Å². The smallest absolute Gasteiger partial charge is 0.0927 e. The highest BCUT2D eigenvalue weighted by molar-refractivity contribution is 9.09. The van der Waals surface area contributed by atoms with Crippen molar-refractivity contribution >= 4 is 15.9 Å². The Kier molecular flexibility index (Phi) is 5.01. The van der Waals surface area contributed by atoms with Crippen LogP contribution in [0.4, 0.5) is 0 Å². The molecule has 0 aliphatic carbocycles. The van der Waals surface area contributed by atoms with Crippen LogP contribution in [0.25, 0.3) is 0 Å². The van der Waals surface area contributed by atoms with Crippen LogP contribution in [-0.2, 0) is 9.47 Å². The molecular weight excluding hydrogens is 280 g/mol. The van der Waals surface area contributed by atoms with Crippen LogP contribution in [0.1, 0.15) is 30.1 Å². The Morgan fingerprint density at radius 2 is 2.06 bits per heavy atom. The Labute approximate surface area is 111 Å². The monoisotopic (exact) mass is 298 g/mol. The standard InChI is InChI=1S/C14H19BrO2/c1-11-4-2-3-5-13(11)14(10-15)17-12-6-8-16-9-7-12/h2-5,12,14H,6-10H2,1H3. The lowest BCUT2D eigenvalue weighted by atomic mass is 10.0. The molecule has 3 heteroatoms. The molecule has 2 nitrogen and oxygen atoms in total. The summed E-state index contributed by atoms with van der Waals surface area (Å²) < 4.78 is 11.5. The summed E-state index contributed by atoms with van der Waals surface area (Å²) in [6.07, 6.45) is 2.51. The molecule has 0 N–H and O–H groups in total. The lowest BCUT2D eigenvalue weighted by molar-refractivity contribution is -0.0618. The molecule has 1 aromatic rings. The van der Waals surface area contributed by atoms with E-state index in [2.05, 4.69) is 47.1 Å². The van der Waals surface area contributed by atoms with E-state index in [1.54, 1.807) is 0 Å². The van der Waals surface area contributed by atoms with Crippen molar-refractivity contribution in [3.63, 3.8) is 0 Å². The molecule has 1 saturated heterocycles. The molecule has 94 valence electrons. The minimum atomic E-state index is 0.152. The average Bonchev–Trinajstić information content (AvgIpc) is 2.38. The molecule has 0 radical (unpaired) electrons. The summed E-state index contributed by atoms with van der Waals surface area (Å²) >= 11 is 3.56. The third kappa shape index (κ3) is 3.54. The predicted octanol–water partition coefficient (Wildman–Crippen LogP) is 3.63. The van der Waals surface area contributed by atoms with E-state index in [1.165, 1.54) is 11.1 Å². The molecule has 0 bridgehead atoms. The third-order valence-corrected chi connectivity index (χ3v) is 3.79. The fraction of sp³-hybridized carbons (Fsp3) is 0.571. The molecule has 0 amide bonds. The van der Waals surface area contributed by atoms with Gasteiger partial charge in [0.15, 0.2) is 0 Å². The molecule has 1 unspecified atom stereocenters. The minimum absolute atomic E-state index is 0.152. The maximum atomic E-state index is 6.18. The van der Waals surface area contributed by atoms with Crippen LogP contribution in [0, 0.1) is 6.92 Å². The summed E-state index contributed by atoms with van der Waals surface area (Å²) in [5.41, 5.74) is 2.58. The van der Waals surface area contributed by atoms with Gasteiger partial charge < -0.3 is 9.47 Å². The first-order valence-electron chi connectivity index (χ1n) is 6.16. The average molecular weight is 299 g/mol. The van der Waals surface area contributed by atoms with Gasteiger partial charge in [0.1, 0.15) is 0 Å². The van der Waals surface area contributed by atoms with Gasteiger partial charge in [0, 0.05) is 18.5 Å². The van der Waals surface area contributed by atoms with Crippen molar-refractivity contribution in [3.05, 3.63) is 35.4 Å². The molecule has 1 aliphatic heterocycles. The van der Waals surface area contributed by atoms with E-state index < -0.39 is 0 Å². The number of alkyl halides is 1. The summed E-state index contributed by atoms with van der Waals surface area (Å²) in [4.78, 5) is 0. The van der Waals surface area contributed by atoms with Crippen molar-refractivity contribution in [2.45, 2.75) is 32.0 Å². The summed E-state index contributed by atoms with van der Waals surface area (Å²) in [5.74, 6) is 0. The van der Waals surface area contributed by atoms with Gasteiger partial charge in [0.05, 0.1) is 12.2 Å². The van der Waals surface area contributed by atoms with E-state index in [9.17, 15) is 0 Å². The van der Waals surface area contributed by atoms with Gasteiger partial charge in [-0.05, 0) is 30.9 Å². The van der Waals surface area contributed by atoms with Gasteiger partial charge in [-0.2, -0.15) is 0 Å². The second-order valence-electron chi connectivity index (χ2n) is 4.45. The van der Waals surface area contributed by atoms with Crippen LogP contribution < -0.4 is 0 Å². The van der Waals surface area contributed by atoms with E-state index in [0.29, 0.717) is 6.10 Å².